The van der Waals surface area contributed by atoms with E-state index in [4.69, 9.17) is 0 Å². The van der Waals surface area contributed by atoms with Crippen LogP contribution in [0.15, 0.2) is 48.6 Å². The standard InChI is InChI=1S/C21H26N6O/c1-3-27(21(28)20-11-19-18(25-20)8-5-9-22-19)17-7-4-6-16(10-17)23-12-15-13-24-26(2)14-15/h5,8-11,13-14,17,23,25H,3-4,6-7,12H2,1-2H3/t17-/m0/s1. The van der Waals surface area contributed by atoms with Crippen LogP contribution in [-0.4, -0.2) is 43.1 Å². The highest BCUT2D eigenvalue weighted by atomic mass is 16.2. The van der Waals surface area contributed by atoms with Crippen molar-refractivity contribution in [2.75, 3.05) is 6.54 Å². The number of rotatable bonds is 6. The van der Waals surface area contributed by atoms with E-state index in [1.807, 2.05) is 54.1 Å². The van der Waals surface area contributed by atoms with Crippen LogP contribution in [0.4, 0.5) is 0 Å². The van der Waals surface area contributed by atoms with Crippen LogP contribution in [0.3, 0.4) is 0 Å². The van der Waals surface area contributed by atoms with Gasteiger partial charge in [0.15, 0.2) is 0 Å². The van der Waals surface area contributed by atoms with Crippen molar-refractivity contribution in [2.24, 2.45) is 7.05 Å². The molecule has 4 rings (SSSR count). The zero-order valence-electron chi connectivity index (χ0n) is 16.4. The molecule has 0 aromatic carbocycles. The van der Waals surface area contributed by atoms with E-state index in [9.17, 15) is 4.79 Å². The van der Waals surface area contributed by atoms with Crippen molar-refractivity contribution in [3.05, 3.63) is 59.8 Å². The molecule has 7 heteroatoms. The number of aromatic nitrogens is 4. The number of carbonyl (C=O) groups is 1. The Morgan fingerprint density at radius 2 is 2.36 bits per heavy atom. The van der Waals surface area contributed by atoms with Gasteiger partial charge < -0.3 is 15.2 Å². The zero-order chi connectivity index (χ0) is 19.5. The van der Waals surface area contributed by atoms with Crippen molar-refractivity contribution in [1.82, 2.24) is 30.0 Å². The number of allylic oxidation sites excluding steroid dienone is 1. The second-order valence-corrected chi connectivity index (χ2v) is 7.24. The van der Waals surface area contributed by atoms with Crippen LogP contribution < -0.4 is 5.32 Å². The molecule has 0 unspecified atom stereocenters. The minimum atomic E-state index is 0.0234. The fourth-order valence-corrected chi connectivity index (χ4v) is 3.83. The summed E-state index contributed by atoms with van der Waals surface area (Å²) in [5, 5.41) is 7.72. The second kappa shape index (κ2) is 7.88. The number of amides is 1. The first-order valence-electron chi connectivity index (χ1n) is 9.81. The fourth-order valence-electron chi connectivity index (χ4n) is 3.83. The molecule has 0 saturated heterocycles. The molecular formula is C21H26N6O. The van der Waals surface area contributed by atoms with Crippen LogP contribution in [0.2, 0.25) is 0 Å². The van der Waals surface area contributed by atoms with E-state index in [2.05, 4.69) is 26.5 Å². The summed E-state index contributed by atoms with van der Waals surface area (Å²) in [6.07, 6.45) is 10.9. The van der Waals surface area contributed by atoms with E-state index in [-0.39, 0.29) is 11.9 Å². The quantitative estimate of drug-likeness (QED) is 0.691. The average Bonchev–Trinajstić information content (AvgIpc) is 3.33. The predicted octanol–water partition coefficient (Wildman–Crippen LogP) is 2.98. The van der Waals surface area contributed by atoms with Gasteiger partial charge in [0.05, 0.1) is 23.3 Å². The smallest absolute Gasteiger partial charge is 0.270 e. The Hall–Kier alpha value is -3.09. The molecule has 0 bridgehead atoms. The third kappa shape index (κ3) is 3.78. The van der Waals surface area contributed by atoms with Gasteiger partial charge in [0.1, 0.15) is 5.69 Å². The average molecular weight is 378 g/mol. The molecule has 28 heavy (non-hydrogen) atoms. The minimum absolute atomic E-state index is 0.0234. The van der Waals surface area contributed by atoms with E-state index in [0.717, 1.165) is 42.4 Å². The number of carbonyl (C=O) groups excluding carboxylic acids is 1. The summed E-state index contributed by atoms with van der Waals surface area (Å²) in [6, 6.07) is 5.75. The van der Waals surface area contributed by atoms with E-state index in [0.29, 0.717) is 12.2 Å². The first-order chi connectivity index (χ1) is 13.6. The molecule has 3 aromatic rings. The van der Waals surface area contributed by atoms with Crippen molar-refractivity contribution in [2.45, 2.75) is 38.8 Å². The fraction of sp³-hybridized carbons (Fsp3) is 0.381. The van der Waals surface area contributed by atoms with Gasteiger partial charge in [-0.1, -0.05) is 0 Å². The number of H-pyrrole nitrogens is 1. The Bertz CT molecular complexity index is 968. The molecule has 3 aromatic heterocycles. The molecule has 1 aliphatic carbocycles. The van der Waals surface area contributed by atoms with Gasteiger partial charge in [-0.15, -0.1) is 0 Å². The van der Waals surface area contributed by atoms with E-state index < -0.39 is 0 Å². The van der Waals surface area contributed by atoms with Gasteiger partial charge in [0, 0.05) is 43.8 Å². The van der Waals surface area contributed by atoms with Gasteiger partial charge in [-0.3, -0.25) is 14.5 Å². The topological polar surface area (TPSA) is 78.8 Å². The number of aromatic amines is 1. The third-order valence-corrected chi connectivity index (χ3v) is 5.24. The summed E-state index contributed by atoms with van der Waals surface area (Å²) in [7, 11) is 1.92. The molecule has 146 valence electrons. The molecule has 3 heterocycles. The van der Waals surface area contributed by atoms with Crippen molar-refractivity contribution >= 4 is 16.9 Å². The number of aryl methyl sites for hydroxylation is 1. The number of nitrogens with one attached hydrogen (secondary N) is 2. The Morgan fingerprint density at radius 1 is 1.46 bits per heavy atom. The Kier molecular flexibility index (Phi) is 5.14. The lowest BCUT2D eigenvalue weighted by atomic mass is 9.98. The van der Waals surface area contributed by atoms with Crippen molar-refractivity contribution in [3.63, 3.8) is 0 Å². The van der Waals surface area contributed by atoms with Crippen LogP contribution in [0.5, 0.6) is 0 Å². The van der Waals surface area contributed by atoms with E-state index >= 15 is 0 Å². The lowest BCUT2D eigenvalue weighted by molar-refractivity contribution is 0.0706. The first-order valence-corrected chi connectivity index (χ1v) is 9.81. The summed E-state index contributed by atoms with van der Waals surface area (Å²) in [6.45, 7) is 3.45. The number of fused-ring (bicyclic) bond motifs is 1. The van der Waals surface area contributed by atoms with Crippen LogP contribution in [0.25, 0.3) is 11.0 Å². The first kappa shape index (κ1) is 18.3. The van der Waals surface area contributed by atoms with Crippen molar-refractivity contribution in [1.29, 1.82) is 0 Å². The minimum Gasteiger partial charge on any atom is -0.384 e. The van der Waals surface area contributed by atoms with Gasteiger partial charge in [0.25, 0.3) is 5.91 Å². The molecule has 1 amide bonds. The summed E-state index contributed by atoms with van der Waals surface area (Å²) in [5.41, 5.74) is 4.66. The molecular weight excluding hydrogens is 352 g/mol. The van der Waals surface area contributed by atoms with Gasteiger partial charge in [-0.05, 0) is 50.5 Å². The van der Waals surface area contributed by atoms with Gasteiger partial charge >= 0.3 is 0 Å². The molecule has 0 fully saturated rings. The van der Waals surface area contributed by atoms with Crippen molar-refractivity contribution in [3.8, 4) is 0 Å². The summed E-state index contributed by atoms with van der Waals surface area (Å²) >= 11 is 0. The highest BCUT2D eigenvalue weighted by molar-refractivity contribution is 5.97. The van der Waals surface area contributed by atoms with Crippen LogP contribution in [0.1, 0.15) is 42.2 Å². The summed E-state index contributed by atoms with van der Waals surface area (Å²) in [5.74, 6) is 0.0234. The molecule has 1 aliphatic rings. The lowest BCUT2D eigenvalue weighted by Gasteiger charge is -2.32. The third-order valence-electron chi connectivity index (χ3n) is 5.24. The lowest BCUT2D eigenvalue weighted by Crippen LogP contribution is -2.41. The summed E-state index contributed by atoms with van der Waals surface area (Å²) < 4.78 is 1.81. The monoisotopic (exact) mass is 378 g/mol. The largest absolute Gasteiger partial charge is 0.384 e. The van der Waals surface area contributed by atoms with Crippen LogP contribution >= 0.6 is 0 Å². The zero-order valence-corrected chi connectivity index (χ0v) is 16.4. The number of likely N-dealkylation sites (N-methyl/N-ethyl adjacent to an activating group) is 1. The normalized spacial score (nSPS) is 16.8. The number of pyridine rings is 1. The maximum atomic E-state index is 13.1. The Morgan fingerprint density at radius 3 is 3.11 bits per heavy atom. The van der Waals surface area contributed by atoms with E-state index in [1.165, 1.54) is 5.70 Å². The Balaban J connectivity index is 1.48. The molecule has 0 aliphatic heterocycles. The second-order valence-electron chi connectivity index (χ2n) is 7.24. The molecule has 0 radical (unpaired) electrons. The van der Waals surface area contributed by atoms with Crippen LogP contribution in [-0.2, 0) is 13.6 Å². The van der Waals surface area contributed by atoms with Crippen molar-refractivity contribution < 1.29 is 4.79 Å². The molecule has 7 nitrogen and oxygen atoms in total. The number of nitrogens with zero attached hydrogens (tertiary/aromatic N) is 4. The number of hydrogen-bond donors (Lipinski definition) is 2. The maximum absolute atomic E-state index is 13.1. The van der Waals surface area contributed by atoms with Gasteiger partial charge in [-0.2, -0.15) is 5.10 Å². The molecule has 0 saturated carbocycles. The van der Waals surface area contributed by atoms with Gasteiger partial charge in [-0.25, -0.2) is 0 Å². The highest BCUT2D eigenvalue weighted by Gasteiger charge is 2.25. The van der Waals surface area contributed by atoms with Gasteiger partial charge in [0.2, 0.25) is 0 Å². The number of hydrogen-bond acceptors (Lipinski definition) is 4. The SMILES string of the molecule is CCN(C(=O)c1cc2ncccc2[nH]1)[C@@H]1C=C(NCc2cnn(C)c2)CCC1. The van der Waals surface area contributed by atoms with E-state index in [1.54, 1.807) is 6.20 Å². The Labute approximate surface area is 164 Å². The summed E-state index contributed by atoms with van der Waals surface area (Å²) in [4.78, 5) is 22.6. The highest BCUT2D eigenvalue weighted by Crippen LogP contribution is 2.23. The molecule has 1 atom stereocenters. The predicted molar refractivity (Wildman–Crippen MR) is 109 cm³/mol. The molecule has 2 N–H and O–H groups in total. The molecule has 0 spiro atoms. The maximum Gasteiger partial charge on any atom is 0.270 e. The van der Waals surface area contributed by atoms with Crippen LogP contribution in [0, 0.1) is 0 Å².